The Balaban J connectivity index is 0.00000261. The van der Waals surface area contributed by atoms with Gasteiger partial charge in [-0.3, -0.25) is 9.59 Å². The van der Waals surface area contributed by atoms with Crippen molar-refractivity contribution in [2.75, 3.05) is 13.1 Å². The summed E-state index contributed by atoms with van der Waals surface area (Å²) >= 11 is 0. The number of piperidine rings is 1. The monoisotopic (exact) mass is 393 g/mol. The predicted molar refractivity (Wildman–Crippen MR) is 110 cm³/mol. The number of carbonyl (C=O) groups is 2. The average Bonchev–Trinajstić information content (AvgIpc) is 2.62. The Morgan fingerprint density at radius 3 is 2.33 bits per heavy atom. The van der Waals surface area contributed by atoms with Crippen molar-refractivity contribution in [3.63, 3.8) is 0 Å². The lowest BCUT2D eigenvalue weighted by Gasteiger charge is -2.39. The number of nitrogens with two attached hydrogens (primary N) is 1. The zero-order chi connectivity index (χ0) is 18.7. The fourth-order valence-electron chi connectivity index (χ4n) is 4.20. The molecule has 1 aliphatic carbocycles. The molecule has 6 heteroatoms. The Hall–Kier alpha value is -1.59. The van der Waals surface area contributed by atoms with E-state index < -0.39 is 5.54 Å². The number of benzene rings is 1. The van der Waals surface area contributed by atoms with Crippen LogP contribution >= 0.6 is 12.4 Å². The van der Waals surface area contributed by atoms with Gasteiger partial charge in [0.25, 0.3) is 5.91 Å². The van der Waals surface area contributed by atoms with E-state index >= 15 is 0 Å². The summed E-state index contributed by atoms with van der Waals surface area (Å²) in [7, 11) is 0. The first-order valence-electron chi connectivity index (χ1n) is 9.82. The van der Waals surface area contributed by atoms with Crippen LogP contribution in [0.2, 0.25) is 0 Å². The van der Waals surface area contributed by atoms with Gasteiger partial charge >= 0.3 is 0 Å². The molecule has 1 aromatic carbocycles. The minimum Gasteiger partial charge on any atom is -0.353 e. The van der Waals surface area contributed by atoms with Crippen LogP contribution in [0.15, 0.2) is 24.3 Å². The van der Waals surface area contributed by atoms with Gasteiger partial charge in [0.2, 0.25) is 5.91 Å². The SMILES string of the molecule is Cc1ccc(C(=O)N2CCC(NC(=O)C3CCCCC3(C)N)CC2)cc1.Cl. The molecule has 2 aliphatic rings. The van der Waals surface area contributed by atoms with Gasteiger partial charge in [-0.2, -0.15) is 0 Å². The van der Waals surface area contributed by atoms with Crippen LogP contribution in [0.3, 0.4) is 0 Å². The summed E-state index contributed by atoms with van der Waals surface area (Å²) in [6.07, 6.45) is 5.58. The molecule has 150 valence electrons. The Morgan fingerprint density at radius 2 is 1.74 bits per heavy atom. The Labute approximate surface area is 168 Å². The third-order valence-electron chi connectivity index (χ3n) is 6.00. The summed E-state index contributed by atoms with van der Waals surface area (Å²) < 4.78 is 0. The van der Waals surface area contributed by atoms with Gasteiger partial charge in [-0.05, 0) is 51.7 Å². The van der Waals surface area contributed by atoms with Crippen molar-refractivity contribution in [1.29, 1.82) is 0 Å². The van der Waals surface area contributed by atoms with Gasteiger partial charge in [0, 0.05) is 30.2 Å². The van der Waals surface area contributed by atoms with Crippen molar-refractivity contribution in [3.8, 4) is 0 Å². The van der Waals surface area contributed by atoms with Crippen molar-refractivity contribution in [2.24, 2.45) is 11.7 Å². The van der Waals surface area contributed by atoms with Crippen molar-refractivity contribution in [2.45, 2.75) is 64.0 Å². The zero-order valence-electron chi connectivity index (χ0n) is 16.4. The van der Waals surface area contributed by atoms with Gasteiger partial charge in [0.15, 0.2) is 0 Å². The molecule has 27 heavy (non-hydrogen) atoms. The van der Waals surface area contributed by atoms with E-state index in [1.54, 1.807) is 0 Å². The number of halogens is 1. The Kier molecular flexibility index (Phi) is 7.29. The largest absolute Gasteiger partial charge is 0.353 e. The second-order valence-corrected chi connectivity index (χ2v) is 8.25. The highest BCUT2D eigenvalue weighted by Gasteiger charge is 2.38. The van der Waals surface area contributed by atoms with Gasteiger partial charge in [-0.25, -0.2) is 0 Å². The topological polar surface area (TPSA) is 75.4 Å². The summed E-state index contributed by atoms with van der Waals surface area (Å²) in [5, 5.41) is 3.19. The standard InChI is InChI=1S/C21H31N3O2.ClH/c1-15-6-8-16(9-7-15)20(26)24-13-10-17(11-14-24)23-19(25)18-5-3-4-12-21(18,2)22;/h6-9,17-18H,3-5,10-14,22H2,1-2H3,(H,23,25);1H. The van der Waals surface area contributed by atoms with E-state index in [9.17, 15) is 9.59 Å². The minimum atomic E-state index is -0.398. The molecule has 2 fully saturated rings. The Bertz CT molecular complexity index is 652. The third-order valence-corrected chi connectivity index (χ3v) is 6.00. The lowest BCUT2D eigenvalue weighted by Crippen LogP contribution is -2.55. The van der Waals surface area contributed by atoms with Crippen LogP contribution in [0.1, 0.15) is 61.4 Å². The number of amides is 2. The third kappa shape index (κ3) is 5.23. The fourth-order valence-corrected chi connectivity index (χ4v) is 4.20. The highest BCUT2D eigenvalue weighted by atomic mass is 35.5. The van der Waals surface area contributed by atoms with Crippen LogP contribution in [0.5, 0.6) is 0 Å². The number of aryl methyl sites for hydroxylation is 1. The smallest absolute Gasteiger partial charge is 0.253 e. The highest BCUT2D eigenvalue weighted by molar-refractivity contribution is 5.94. The molecule has 2 atom stereocenters. The molecule has 2 amide bonds. The quantitative estimate of drug-likeness (QED) is 0.828. The van der Waals surface area contributed by atoms with Crippen LogP contribution in [-0.4, -0.2) is 41.4 Å². The molecule has 1 saturated heterocycles. The van der Waals surface area contributed by atoms with E-state index in [1.807, 2.05) is 43.0 Å². The molecule has 0 aromatic heterocycles. The summed E-state index contributed by atoms with van der Waals surface area (Å²) in [5.41, 5.74) is 7.84. The second-order valence-electron chi connectivity index (χ2n) is 8.25. The average molecular weight is 394 g/mol. The zero-order valence-corrected chi connectivity index (χ0v) is 17.2. The van der Waals surface area contributed by atoms with E-state index in [4.69, 9.17) is 5.73 Å². The van der Waals surface area contributed by atoms with Crippen molar-refractivity contribution < 1.29 is 9.59 Å². The van der Waals surface area contributed by atoms with E-state index in [2.05, 4.69) is 5.32 Å². The predicted octanol–water partition coefficient (Wildman–Crippen LogP) is 3.05. The number of rotatable bonds is 3. The molecule has 1 aliphatic heterocycles. The molecule has 0 radical (unpaired) electrons. The molecule has 1 aromatic rings. The molecule has 2 unspecified atom stereocenters. The van der Waals surface area contributed by atoms with Gasteiger partial charge in [0.1, 0.15) is 0 Å². The molecule has 1 heterocycles. The fraction of sp³-hybridized carbons (Fsp3) is 0.619. The molecule has 0 spiro atoms. The number of nitrogens with zero attached hydrogens (tertiary/aromatic N) is 1. The molecular formula is C21H32ClN3O2. The van der Waals surface area contributed by atoms with E-state index in [1.165, 1.54) is 0 Å². The molecule has 5 nitrogen and oxygen atoms in total. The van der Waals surface area contributed by atoms with Crippen LogP contribution < -0.4 is 11.1 Å². The number of likely N-dealkylation sites (tertiary alicyclic amines) is 1. The lowest BCUT2D eigenvalue weighted by molar-refractivity contribution is -0.129. The van der Waals surface area contributed by atoms with E-state index in [0.717, 1.165) is 49.7 Å². The van der Waals surface area contributed by atoms with Crippen LogP contribution in [-0.2, 0) is 4.79 Å². The first-order valence-corrected chi connectivity index (χ1v) is 9.82. The number of nitrogens with one attached hydrogen (secondary N) is 1. The van der Waals surface area contributed by atoms with Gasteiger partial charge in [-0.1, -0.05) is 30.5 Å². The summed E-state index contributed by atoms with van der Waals surface area (Å²) in [6, 6.07) is 7.85. The maximum atomic E-state index is 12.7. The first-order chi connectivity index (χ1) is 12.4. The maximum Gasteiger partial charge on any atom is 0.253 e. The van der Waals surface area contributed by atoms with Gasteiger partial charge < -0.3 is 16.0 Å². The summed E-state index contributed by atoms with van der Waals surface area (Å²) in [4.78, 5) is 27.2. The van der Waals surface area contributed by atoms with Crippen molar-refractivity contribution >= 4 is 24.2 Å². The summed E-state index contributed by atoms with van der Waals surface area (Å²) in [5.74, 6) is 0.0815. The number of hydrogen-bond acceptors (Lipinski definition) is 3. The van der Waals surface area contributed by atoms with E-state index in [0.29, 0.717) is 13.1 Å². The normalized spacial score (nSPS) is 26.2. The molecule has 3 N–H and O–H groups in total. The first kappa shape index (κ1) is 21.7. The number of carbonyl (C=O) groups excluding carboxylic acids is 2. The maximum absolute atomic E-state index is 12.7. The number of hydrogen-bond donors (Lipinski definition) is 2. The molecule has 1 saturated carbocycles. The van der Waals surface area contributed by atoms with Crippen LogP contribution in [0.25, 0.3) is 0 Å². The molecule has 0 bridgehead atoms. The van der Waals surface area contributed by atoms with E-state index in [-0.39, 0.29) is 36.2 Å². The van der Waals surface area contributed by atoms with Crippen molar-refractivity contribution in [3.05, 3.63) is 35.4 Å². The van der Waals surface area contributed by atoms with Crippen LogP contribution in [0.4, 0.5) is 0 Å². The van der Waals surface area contributed by atoms with Gasteiger partial charge in [0.05, 0.1) is 5.92 Å². The molecule has 3 rings (SSSR count). The van der Waals surface area contributed by atoms with Crippen LogP contribution in [0, 0.1) is 12.8 Å². The molecular weight excluding hydrogens is 362 g/mol. The highest BCUT2D eigenvalue weighted by Crippen LogP contribution is 2.32. The van der Waals surface area contributed by atoms with Gasteiger partial charge in [-0.15, -0.1) is 12.4 Å². The van der Waals surface area contributed by atoms with Crippen molar-refractivity contribution in [1.82, 2.24) is 10.2 Å². The second kappa shape index (κ2) is 9.07. The summed E-state index contributed by atoms with van der Waals surface area (Å²) in [6.45, 7) is 5.38. The minimum absolute atomic E-state index is 0. The lowest BCUT2D eigenvalue weighted by atomic mass is 9.74. The Morgan fingerprint density at radius 1 is 1.11 bits per heavy atom.